The molecular weight excluding hydrogens is 374 g/mol. The molecule has 0 spiro atoms. The van der Waals surface area contributed by atoms with Gasteiger partial charge < -0.3 is 4.74 Å². The average Bonchev–Trinajstić information content (AvgIpc) is 3.22. The molecule has 0 saturated carbocycles. The molecule has 146 valence electrons. The third-order valence-electron chi connectivity index (χ3n) is 5.48. The Morgan fingerprint density at radius 2 is 1.96 bits per heavy atom. The number of hydrogen-bond acceptors (Lipinski definition) is 6. The summed E-state index contributed by atoms with van der Waals surface area (Å²) in [6.07, 6.45) is 5.50. The normalized spacial score (nSPS) is 22.3. The molecule has 2 aliphatic rings. The maximum atomic E-state index is 6.61. The molecule has 0 N–H and O–H groups in total. The van der Waals surface area contributed by atoms with Crippen LogP contribution in [0.4, 0.5) is 0 Å². The fourth-order valence-electron chi connectivity index (χ4n) is 3.64. The van der Waals surface area contributed by atoms with Crippen LogP contribution in [0.25, 0.3) is 11.1 Å². The molecule has 1 atom stereocenters. The van der Waals surface area contributed by atoms with Crippen molar-refractivity contribution in [2.24, 2.45) is 21.4 Å². The van der Waals surface area contributed by atoms with Crippen molar-refractivity contribution in [1.82, 2.24) is 9.88 Å². The molecule has 28 heavy (non-hydrogen) atoms. The molecule has 2 aromatic rings. The van der Waals surface area contributed by atoms with Gasteiger partial charge >= 0.3 is 0 Å². The monoisotopic (exact) mass is 397 g/mol. The van der Waals surface area contributed by atoms with Crippen molar-refractivity contribution >= 4 is 17.8 Å². The number of rotatable bonds is 5. The number of hydrogen-bond donors (Lipinski definition) is 0. The van der Waals surface area contributed by atoms with Crippen LogP contribution in [-0.2, 0) is 16.8 Å². The second-order valence-corrected chi connectivity index (χ2v) is 7.98. The van der Waals surface area contributed by atoms with Crippen molar-refractivity contribution < 1.29 is 4.74 Å². The number of ether oxygens (including phenoxy) is 1. The van der Waals surface area contributed by atoms with E-state index >= 15 is 0 Å². The third-order valence-corrected chi connectivity index (χ3v) is 5.83. The molecule has 1 saturated heterocycles. The van der Waals surface area contributed by atoms with Crippen LogP contribution in [0.15, 0.2) is 52.1 Å². The lowest BCUT2D eigenvalue weighted by atomic mass is 9.82. The smallest absolute Gasteiger partial charge is 0.149 e. The van der Waals surface area contributed by atoms with Crippen LogP contribution in [0.5, 0.6) is 0 Å². The van der Waals surface area contributed by atoms with Crippen LogP contribution in [0.3, 0.4) is 0 Å². The van der Waals surface area contributed by atoms with E-state index in [-0.39, 0.29) is 5.92 Å². The van der Waals surface area contributed by atoms with Crippen LogP contribution < -0.4 is 0 Å². The van der Waals surface area contributed by atoms with E-state index in [0.29, 0.717) is 0 Å². The average molecular weight is 398 g/mol. The highest BCUT2D eigenvalue weighted by atomic mass is 35.5. The first-order valence-corrected chi connectivity index (χ1v) is 9.97. The molecule has 1 aromatic carbocycles. The minimum atomic E-state index is -0.553. The van der Waals surface area contributed by atoms with E-state index in [4.69, 9.17) is 16.3 Å². The molecular formula is C21H24ClN5O. The van der Waals surface area contributed by atoms with Gasteiger partial charge in [-0.2, -0.15) is 5.11 Å². The second-order valence-electron chi connectivity index (χ2n) is 7.57. The topological polar surface area (TPSA) is 62.4 Å². The Balaban J connectivity index is 1.60. The Morgan fingerprint density at radius 3 is 2.64 bits per heavy atom. The summed E-state index contributed by atoms with van der Waals surface area (Å²) < 4.78 is 5.42. The Labute approximate surface area is 170 Å². The molecule has 0 bridgehead atoms. The van der Waals surface area contributed by atoms with Crippen LogP contribution >= 0.6 is 11.6 Å². The van der Waals surface area contributed by atoms with Gasteiger partial charge in [0, 0.05) is 48.2 Å². The highest BCUT2D eigenvalue weighted by Crippen LogP contribution is 2.37. The highest BCUT2D eigenvalue weighted by molar-refractivity contribution is 6.31. The van der Waals surface area contributed by atoms with Crippen LogP contribution in [0.1, 0.15) is 25.0 Å². The second kappa shape index (κ2) is 8.07. The molecule has 1 unspecified atom stereocenters. The van der Waals surface area contributed by atoms with Gasteiger partial charge in [0.15, 0.2) is 0 Å². The maximum absolute atomic E-state index is 6.61. The molecule has 7 heteroatoms. The zero-order valence-electron chi connectivity index (χ0n) is 16.2. The summed E-state index contributed by atoms with van der Waals surface area (Å²) in [6.45, 7) is 8.52. The molecule has 6 nitrogen and oxygen atoms in total. The Bertz CT molecular complexity index is 893. The van der Waals surface area contributed by atoms with Gasteiger partial charge in [-0.15, -0.1) is 5.10 Å². The van der Waals surface area contributed by atoms with Crippen molar-refractivity contribution in [3.63, 3.8) is 0 Å². The lowest BCUT2D eigenvalue weighted by molar-refractivity contribution is 0.0342. The SMILES string of the molecule is CC(C)C1(c2cncc(-c3ccc(CN4CCOCC4)c(Cl)c3)c2)C=NN=N1. The first-order chi connectivity index (χ1) is 13.6. The number of halogens is 1. The van der Waals surface area contributed by atoms with E-state index in [0.717, 1.165) is 60.1 Å². The molecule has 1 fully saturated rings. The molecule has 2 aliphatic heterocycles. The molecule has 1 aromatic heterocycles. The van der Waals surface area contributed by atoms with E-state index < -0.39 is 5.54 Å². The number of nitrogens with zero attached hydrogens (tertiary/aromatic N) is 5. The molecule has 0 amide bonds. The van der Waals surface area contributed by atoms with Crippen LogP contribution in [-0.4, -0.2) is 42.4 Å². The summed E-state index contributed by atoms with van der Waals surface area (Å²) in [5.74, 6) is 0.221. The van der Waals surface area contributed by atoms with Gasteiger partial charge in [-0.25, -0.2) is 0 Å². The van der Waals surface area contributed by atoms with Gasteiger partial charge in [0.25, 0.3) is 0 Å². The van der Waals surface area contributed by atoms with Crippen molar-refractivity contribution in [2.45, 2.75) is 25.9 Å². The Kier molecular flexibility index (Phi) is 5.53. The minimum absolute atomic E-state index is 0.221. The van der Waals surface area contributed by atoms with Gasteiger partial charge in [0.2, 0.25) is 0 Å². The Morgan fingerprint density at radius 1 is 1.14 bits per heavy atom. The number of aromatic nitrogens is 1. The molecule has 0 aliphatic carbocycles. The van der Waals surface area contributed by atoms with Crippen molar-refractivity contribution in [3.8, 4) is 11.1 Å². The molecule has 4 rings (SSSR count). The van der Waals surface area contributed by atoms with Crippen molar-refractivity contribution in [3.05, 3.63) is 52.8 Å². The zero-order chi connectivity index (χ0) is 19.6. The quantitative estimate of drug-likeness (QED) is 0.744. The summed E-state index contributed by atoms with van der Waals surface area (Å²) in [6, 6.07) is 8.34. The number of pyridine rings is 1. The predicted octanol–water partition coefficient (Wildman–Crippen LogP) is 4.54. The standard InChI is InChI=1S/C21H24ClN5O/c1-15(2)21(14-24-26-25-21)19-9-18(11-23-12-19)16-3-4-17(20(22)10-16)13-27-5-7-28-8-6-27/h3-4,9-12,14-15H,5-8,13H2,1-2H3. The van der Waals surface area contributed by atoms with Crippen molar-refractivity contribution in [1.29, 1.82) is 0 Å². The van der Waals surface area contributed by atoms with Gasteiger partial charge in [-0.3, -0.25) is 9.88 Å². The van der Waals surface area contributed by atoms with Crippen LogP contribution in [0.2, 0.25) is 5.02 Å². The van der Waals surface area contributed by atoms with Gasteiger partial charge in [0.05, 0.1) is 19.4 Å². The van der Waals surface area contributed by atoms with Gasteiger partial charge in [-0.1, -0.05) is 37.6 Å². The highest BCUT2D eigenvalue weighted by Gasteiger charge is 2.37. The van der Waals surface area contributed by atoms with E-state index in [1.165, 1.54) is 0 Å². The first-order valence-electron chi connectivity index (χ1n) is 9.59. The first kappa shape index (κ1) is 19.2. The maximum Gasteiger partial charge on any atom is 0.149 e. The van der Waals surface area contributed by atoms with Gasteiger partial charge in [-0.05, 0) is 34.4 Å². The Hall–Kier alpha value is -2.15. The van der Waals surface area contributed by atoms with E-state index in [9.17, 15) is 0 Å². The summed E-state index contributed by atoms with van der Waals surface area (Å²) >= 11 is 6.61. The van der Waals surface area contributed by atoms with Crippen molar-refractivity contribution in [2.75, 3.05) is 26.3 Å². The van der Waals surface area contributed by atoms with Gasteiger partial charge in [0.1, 0.15) is 5.54 Å². The van der Waals surface area contributed by atoms with E-state index in [2.05, 4.69) is 57.4 Å². The number of benzene rings is 1. The predicted molar refractivity (Wildman–Crippen MR) is 111 cm³/mol. The fraction of sp³-hybridized carbons (Fsp3) is 0.429. The molecule has 0 radical (unpaired) electrons. The van der Waals surface area contributed by atoms with E-state index in [1.807, 2.05) is 18.5 Å². The number of morpholine rings is 1. The molecule has 3 heterocycles. The minimum Gasteiger partial charge on any atom is -0.379 e. The summed E-state index contributed by atoms with van der Waals surface area (Å²) in [4.78, 5) is 6.81. The summed E-state index contributed by atoms with van der Waals surface area (Å²) in [7, 11) is 0. The summed E-state index contributed by atoms with van der Waals surface area (Å²) in [5.41, 5.74) is 3.61. The fourth-order valence-corrected chi connectivity index (χ4v) is 3.88. The zero-order valence-corrected chi connectivity index (χ0v) is 16.9. The lowest BCUT2D eigenvalue weighted by Gasteiger charge is -2.27. The largest absolute Gasteiger partial charge is 0.379 e. The summed E-state index contributed by atoms with van der Waals surface area (Å²) in [5, 5.41) is 13.0. The third kappa shape index (κ3) is 3.72. The lowest BCUT2D eigenvalue weighted by Crippen LogP contribution is -2.35. The van der Waals surface area contributed by atoms with E-state index in [1.54, 1.807) is 6.21 Å². The van der Waals surface area contributed by atoms with Crippen LogP contribution in [0, 0.1) is 5.92 Å².